The van der Waals surface area contributed by atoms with Crippen LogP contribution in [0.5, 0.6) is 11.5 Å². The molecule has 2 fully saturated rings. The van der Waals surface area contributed by atoms with Gasteiger partial charge in [0.15, 0.2) is 5.41 Å². The lowest BCUT2D eigenvalue weighted by atomic mass is 9.67. The average Bonchev–Trinajstić information content (AvgIpc) is 2.84. The molecule has 0 aliphatic carbocycles. The number of urea groups is 1. The van der Waals surface area contributed by atoms with Crippen molar-refractivity contribution in [3.05, 3.63) is 53.6 Å². The van der Waals surface area contributed by atoms with E-state index in [1.165, 1.54) is 0 Å². The summed E-state index contributed by atoms with van der Waals surface area (Å²) in [6.45, 7) is 2.06. The van der Waals surface area contributed by atoms with Crippen molar-refractivity contribution in [2.24, 2.45) is 5.41 Å². The molecule has 34 heavy (non-hydrogen) atoms. The number of fused-ring (bicyclic) bond motifs is 4. The SMILES string of the molecule is COc1cc(CN2C(=O)NC(=O)[C@]3(Cc4ccccc4N4CCN(C)C[C@@H]43)C2=O)cc(OC)c1. The van der Waals surface area contributed by atoms with Gasteiger partial charge in [-0.2, -0.15) is 0 Å². The molecule has 9 heteroatoms. The van der Waals surface area contributed by atoms with E-state index in [1.54, 1.807) is 32.4 Å². The molecule has 2 aromatic carbocycles. The number of nitrogens with one attached hydrogen (secondary N) is 1. The average molecular weight is 465 g/mol. The van der Waals surface area contributed by atoms with Crippen LogP contribution in [-0.4, -0.2) is 74.6 Å². The first-order valence-corrected chi connectivity index (χ1v) is 11.3. The van der Waals surface area contributed by atoms with Gasteiger partial charge in [0.05, 0.1) is 26.8 Å². The molecule has 5 rings (SSSR count). The summed E-state index contributed by atoms with van der Waals surface area (Å²) >= 11 is 0. The molecule has 0 aromatic heterocycles. The number of carbonyl (C=O) groups excluding carboxylic acids is 3. The maximum absolute atomic E-state index is 14.1. The summed E-state index contributed by atoms with van der Waals surface area (Å²) in [5.41, 5.74) is 1.25. The first-order chi connectivity index (χ1) is 16.4. The van der Waals surface area contributed by atoms with E-state index in [-0.39, 0.29) is 19.0 Å². The first-order valence-electron chi connectivity index (χ1n) is 11.3. The van der Waals surface area contributed by atoms with E-state index in [2.05, 4.69) is 15.1 Å². The molecule has 3 aliphatic heterocycles. The molecule has 2 atom stereocenters. The van der Waals surface area contributed by atoms with Gasteiger partial charge >= 0.3 is 6.03 Å². The molecular formula is C25H28N4O5. The molecule has 3 aliphatic rings. The van der Waals surface area contributed by atoms with Crippen LogP contribution in [0.4, 0.5) is 10.5 Å². The zero-order chi connectivity index (χ0) is 24.0. The van der Waals surface area contributed by atoms with Gasteiger partial charge in [-0.1, -0.05) is 18.2 Å². The van der Waals surface area contributed by atoms with Crippen molar-refractivity contribution in [1.82, 2.24) is 15.1 Å². The number of rotatable bonds is 4. The highest BCUT2D eigenvalue weighted by molar-refractivity contribution is 6.20. The minimum absolute atomic E-state index is 0.00252. The van der Waals surface area contributed by atoms with Gasteiger partial charge in [0.2, 0.25) is 11.8 Å². The van der Waals surface area contributed by atoms with Gasteiger partial charge in [-0.3, -0.25) is 19.8 Å². The van der Waals surface area contributed by atoms with Gasteiger partial charge in [0, 0.05) is 31.4 Å². The molecule has 0 unspecified atom stereocenters. The molecule has 2 saturated heterocycles. The number of carbonyl (C=O) groups is 3. The van der Waals surface area contributed by atoms with Crippen LogP contribution in [0.1, 0.15) is 11.1 Å². The summed E-state index contributed by atoms with van der Waals surface area (Å²) in [5, 5.41) is 2.50. The summed E-state index contributed by atoms with van der Waals surface area (Å²) in [6, 6.07) is 12.0. The van der Waals surface area contributed by atoms with Crippen LogP contribution < -0.4 is 19.7 Å². The highest BCUT2D eigenvalue weighted by atomic mass is 16.5. The van der Waals surface area contributed by atoms with Gasteiger partial charge in [-0.15, -0.1) is 0 Å². The second kappa shape index (κ2) is 8.32. The number of hydrogen-bond acceptors (Lipinski definition) is 7. The maximum Gasteiger partial charge on any atom is 0.331 e. The smallest absolute Gasteiger partial charge is 0.331 e. The standard InChI is InChI=1S/C25H28N4O5/c1-27-8-9-28-20-7-5-4-6-17(20)13-25(21(28)15-27)22(30)26-24(32)29(23(25)31)14-16-10-18(33-2)12-19(11-16)34-3/h4-7,10-12,21H,8-9,13-15H2,1-3H3,(H,26,30,32)/t21-,25-/m1/s1. The molecule has 2 aromatic rings. The third-order valence-electron chi connectivity index (χ3n) is 7.17. The predicted molar refractivity (Wildman–Crippen MR) is 125 cm³/mol. The second-order valence-electron chi connectivity index (χ2n) is 9.12. The fourth-order valence-electron chi connectivity index (χ4n) is 5.43. The lowest BCUT2D eigenvalue weighted by Crippen LogP contribution is -2.74. The summed E-state index contributed by atoms with van der Waals surface area (Å²) in [4.78, 5) is 46.0. The highest BCUT2D eigenvalue weighted by Gasteiger charge is 2.62. The van der Waals surface area contributed by atoms with Gasteiger partial charge < -0.3 is 19.3 Å². The van der Waals surface area contributed by atoms with Gasteiger partial charge in [-0.05, 0) is 42.8 Å². The molecule has 0 radical (unpaired) electrons. The largest absolute Gasteiger partial charge is 0.497 e. The van der Waals surface area contributed by atoms with Crippen LogP contribution in [0.25, 0.3) is 0 Å². The minimum Gasteiger partial charge on any atom is -0.497 e. The van der Waals surface area contributed by atoms with E-state index in [0.717, 1.165) is 22.7 Å². The zero-order valence-corrected chi connectivity index (χ0v) is 19.5. The fraction of sp³-hybridized carbons (Fsp3) is 0.400. The summed E-state index contributed by atoms with van der Waals surface area (Å²) in [6.07, 6.45) is 0.244. The number of methoxy groups -OCH3 is 2. The van der Waals surface area contributed by atoms with Crippen LogP contribution >= 0.6 is 0 Å². The Hall–Kier alpha value is -3.59. The molecule has 9 nitrogen and oxygen atoms in total. The van der Waals surface area contributed by atoms with Crippen LogP contribution in [-0.2, 0) is 22.6 Å². The quantitative estimate of drug-likeness (QED) is 0.688. The normalized spacial score (nSPS) is 24.6. The lowest BCUT2D eigenvalue weighted by molar-refractivity contribution is -0.154. The third kappa shape index (κ3) is 3.38. The molecule has 178 valence electrons. The number of amides is 4. The molecule has 0 saturated carbocycles. The van der Waals surface area contributed by atoms with E-state index in [4.69, 9.17) is 9.47 Å². The van der Waals surface area contributed by atoms with Crippen LogP contribution in [0.3, 0.4) is 0 Å². The molecule has 0 bridgehead atoms. The summed E-state index contributed by atoms with van der Waals surface area (Å²) in [7, 11) is 5.07. The van der Waals surface area contributed by atoms with E-state index >= 15 is 0 Å². The number of piperazine rings is 1. The second-order valence-corrected chi connectivity index (χ2v) is 9.12. The Balaban J connectivity index is 1.57. The molecule has 4 amide bonds. The van der Waals surface area contributed by atoms with Crippen LogP contribution in [0, 0.1) is 5.41 Å². The number of nitrogens with zero attached hydrogens (tertiary/aromatic N) is 3. The Morgan fingerprint density at radius 2 is 1.74 bits per heavy atom. The van der Waals surface area contributed by atoms with Gasteiger partial charge in [0.1, 0.15) is 11.5 Å². The van der Waals surface area contributed by atoms with Crippen molar-refractivity contribution in [3.63, 3.8) is 0 Å². The molecule has 1 N–H and O–H groups in total. The van der Waals surface area contributed by atoms with E-state index in [0.29, 0.717) is 30.2 Å². The minimum atomic E-state index is -1.40. The summed E-state index contributed by atoms with van der Waals surface area (Å²) in [5.74, 6) is 0.109. The van der Waals surface area contributed by atoms with Crippen molar-refractivity contribution >= 4 is 23.5 Å². The number of anilines is 1. The van der Waals surface area contributed by atoms with E-state index < -0.39 is 23.3 Å². The van der Waals surface area contributed by atoms with Crippen molar-refractivity contribution < 1.29 is 23.9 Å². The van der Waals surface area contributed by atoms with Crippen molar-refractivity contribution in [1.29, 1.82) is 0 Å². The zero-order valence-electron chi connectivity index (χ0n) is 19.5. The number of para-hydroxylation sites is 1. The number of barbiturate groups is 1. The molecular weight excluding hydrogens is 436 g/mol. The number of hydrogen-bond donors (Lipinski definition) is 1. The summed E-state index contributed by atoms with van der Waals surface area (Å²) < 4.78 is 10.7. The Morgan fingerprint density at radius 1 is 1.03 bits per heavy atom. The fourth-order valence-corrected chi connectivity index (χ4v) is 5.43. The first kappa shape index (κ1) is 22.2. The van der Waals surface area contributed by atoms with E-state index in [9.17, 15) is 14.4 Å². The molecule has 1 spiro atoms. The predicted octanol–water partition coefficient (Wildman–Crippen LogP) is 1.65. The Kier molecular flexibility index (Phi) is 5.44. The number of imide groups is 2. The Labute approximate surface area is 198 Å². The van der Waals surface area contributed by atoms with Crippen LogP contribution in [0.2, 0.25) is 0 Å². The monoisotopic (exact) mass is 464 g/mol. The van der Waals surface area contributed by atoms with Gasteiger partial charge in [-0.25, -0.2) is 4.79 Å². The number of ether oxygens (including phenoxy) is 2. The van der Waals surface area contributed by atoms with Crippen molar-refractivity contribution in [2.45, 2.75) is 19.0 Å². The number of likely N-dealkylation sites (N-methyl/N-ethyl adjacent to an activating group) is 1. The van der Waals surface area contributed by atoms with Crippen molar-refractivity contribution in [3.8, 4) is 11.5 Å². The van der Waals surface area contributed by atoms with Crippen molar-refractivity contribution in [2.75, 3.05) is 45.8 Å². The third-order valence-corrected chi connectivity index (χ3v) is 7.17. The Bertz CT molecular complexity index is 1150. The number of benzene rings is 2. The lowest BCUT2D eigenvalue weighted by Gasteiger charge is -2.55. The van der Waals surface area contributed by atoms with Gasteiger partial charge in [0.25, 0.3) is 0 Å². The topological polar surface area (TPSA) is 91.4 Å². The maximum atomic E-state index is 14.1. The molecule has 3 heterocycles. The highest BCUT2D eigenvalue weighted by Crippen LogP contribution is 2.45. The van der Waals surface area contributed by atoms with Crippen LogP contribution in [0.15, 0.2) is 42.5 Å². The Morgan fingerprint density at radius 3 is 2.44 bits per heavy atom. The van der Waals surface area contributed by atoms with E-state index in [1.807, 2.05) is 31.3 Å².